The Labute approximate surface area is 206 Å². The third kappa shape index (κ3) is 5.53. The van der Waals surface area contributed by atoms with Gasteiger partial charge in [-0.15, -0.1) is 10.2 Å². The van der Waals surface area contributed by atoms with Gasteiger partial charge in [-0.2, -0.15) is 0 Å². The minimum absolute atomic E-state index is 0.0117. The van der Waals surface area contributed by atoms with Gasteiger partial charge < -0.3 is 14.5 Å². The molecule has 0 radical (unpaired) electrons. The second-order valence-electron chi connectivity index (χ2n) is 8.95. The quantitative estimate of drug-likeness (QED) is 0.253. The maximum Gasteiger partial charge on any atom is 0.123 e. The predicted molar refractivity (Wildman–Crippen MR) is 138 cm³/mol. The number of ether oxygens (including phenoxy) is 2. The molecular weight excluding hydrogens is 438 g/mol. The van der Waals surface area contributed by atoms with Crippen molar-refractivity contribution in [3.05, 3.63) is 90.7 Å². The Morgan fingerprint density at radius 1 is 1.09 bits per heavy atom. The molecule has 5 rings (SSSR count). The molecule has 1 aliphatic heterocycles. The summed E-state index contributed by atoms with van der Waals surface area (Å²) in [7, 11) is 1.72. The van der Waals surface area contributed by atoms with E-state index in [1.165, 1.54) is 16.5 Å². The molecule has 0 aliphatic carbocycles. The molecule has 2 aromatic heterocycles. The van der Waals surface area contributed by atoms with Crippen molar-refractivity contribution in [1.82, 2.24) is 24.6 Å². The van der Waals surface area contributed by atoms with Crippen LogP contribution in [0.5, 0.6) is 0 Å². The van der Waals surface area contributed by atoms with Crippen LogP contribution in [0.3, 0.4) is 0 Å². The van der Waals surface area contributed by atoms with E-state index in [2.05, 4.69) is 87.0 Å². The highest BCUT2D eigenvalue weighted by molar-refractivity contribution is 5.85. The van der Waals surface area contributed by atoms with Crippen LogP contribution in [0.4, 0.5) is 0 Å². The average Bonchev–Trinajstić information content (AvgIpc) is 3.58. The lowest BCUT2D eigenvalue weighted by Crippen LogP contribution is -2.42. The van der Waals surface area contributed by atoms with Crippen molar-refractivity contribution in [3.8, 4) is 5.69 Å². The summed E-state index contributed by atoms with van der Waals surface area (Å²) in [6, 6.07) is 17.2. The van der Waals surface area contributed by atoms with E-state index in [1.807, 2.05) is 4.57 Å². The molecule has 3 heterocycles. The Hall–Kier alpha value is -3.26. The summed E-state index contributed by atoms with van der Waals surface area (Å²) in [5.74, 6) is 0. The number of H-pyrrole nitrogens is 1. The van der Waals surface area contributed by atoms with Crippen LogP contribution in [-0.2, 0) is 15.9 Å². The van der Waals surface area contributed by atoms with Crippen molar-refractivity contribution >= 4 is 10.9 Å². The maximum absolute atomic E-state index is 6.36. The van der Waals surface area contributed by atoms with Crippen LogP contribution in [-0.4, -0.2) is 64.1 Å². The van der Waals surface area contributed by atoms with Crippen LogP contribution >= 0.6 is 0 Å². The highest BCUT2D eigenvalue weighted by Gasteiger charge is 2.29. The zero-order valence-electron chi connectivity index (χ0n) is 20.2. The highest BCUT2D eigenvalue weighted by Crippen LogP contribution is 2.29. The van der Waals surface area contributed by atoms with E-state index < -0.39 is 0 Å². The molecule has 2 aromatic carbocycles. The van der Waals surface area contributed by atoms with Gasteiger partial charge in [0.1, 0.15) is 18.8 Å². The first-order valence-electron chi connectivity index (χ1n) is 12.3. The molecule has 0 saturated heterocycles. The van der Waals surface area contributed by atoms with Crippen molar-refractivity contribution < 1.29 is 9.47 Å². The smallest absolute Gasteiger partial charge is 0.123 e. The molecule has 2 atom stereocenters. The van der Waals surface area contributed by atoms with E-state index in [1.54, 1.807) is 19.8 Å². The fourth-order valence-electron chi connectivity index (χ4n) is 4.93. The molecule has 0 fully saturated rings. The largest absolute Gasteiger partial charge is 0.382 e. The van der Waals surface area contributed by atoms with E-state index in [-0.39, 0.29) is 12.1 Å². The third-order valence-corrected chi connectivity index (χ3v) is 6.72. The van der Waals surface area contributed by atoms with Gasteiger partial charge in [0, 0.05) is 36.4 Å². The number of nitrogens with zero attached hydrogens (tertiary/aromatic N) is 4. The van der Waals surface area contributed by atoms with E-state index in [0.717, 1.165) is 43.6 Å². The summed E-state index contributed by atoms with van der Waals surface area (Å²) < 4.78 is 13.5. The fourth-order valence-corrected chi connectivity index (χ4v) is 4.93. The van der Waals surface area contributed by atoms with Gasteiger partial charge in [-0.3, -0.25) is 9.47 Å². The number of fused-ring (bicyclic) bond motifs is 1. The third-order valence-electron chi connectivity index (χ3n) is 6.72. The molecule has 0 bridgehead atoms. The predicted octanol–water partition coefficient (Wildman–Crippen LogP) is 4.72. The van der Waals surface area contributed by atoms with Crippen LogP contribution in [0.1, 0.15) is 30.1 Å². The van der Waals surface area contributed by atoms with E-state index in [4.69, 9.17) is 9.47 Å². The number of rotatable bonds is 11. The first-order chi connectivity index (χ1) is 17.3. The normalized spacial score (nSPS) is 17.2. The van der Waals surface area contributed by atoms with Crippen molar-refractivity contribution in [3.63, 3.8) is 0 Å². The van der Waals surface area contributed by atoms with Crippen LogP contribution < -0.4 is 0 Å². The van der Waals surface area contributed by atoms with Gasteiger partial charge >= 0.3 is 0 Å². The number of methoxy groups -OCH3 is 1. The molecule has 1 aliphatic rings. The lowest BCUT2D eigenvalue weighted by Gasteiger charge is -2.37. The molecule has 35 heavy (non-hydrogen) atoms. The van der Waals surface area contributed by atoms with Gasteiger partial charge in [-0.05, 0) is 55.1 Å². The number of hydrogen-bond donors (Lipinski definition) is 1. The maximum atomic E-state index is 6.36. The summed E-state index contributed by atoms with van der Waals surface area (Å²) in [5.41, 5.74) is 4.79. The lowest BCUT2D eigenvalue weighted by molar-refractivity contribution is -0.0235. The van der Waals surface area contributed by atoms with Gasteiger partial charge in [0.25, 0.3) is 0 Å². The van der Waals surface area contributed by atoms with Crippen LogP contribution in [0, 0.1) is 0 Å². The van der Waals surface area contributed by atoms with Gasteiger partial charge in [-0.1, -0.05) is 42.5 Å². The number of aromatic amines is 1. The molecule has 2 unspecified atom stereocenters. The Morgan fingerprint density at radius 3 is 2.77 bits per heavy atom. The summed E-state index contributed by atoms with van der Waals surface area (Å²) in [4.78, 5) is 6.00. The van der Waals surface area contributed by atoms with E-state index in [0.29, 0.717) is 13.2 Å². The zero-order valence-corrected chi connectivity index (χ0v) is 20.2. The van der Waals surface area contributed by atoms with Gasteiger partial charge in [0.15, 0.2) is 0 Å². The summed E-state index contributed by atoms with van der Waals surface area (Å²) in [5, 5.41) is 9.13. The molecule has 0 saturated carbocycles. The summed E-state index contributed by atoms with van der Waals surface area (Å²) in [6.45, 7) is 3.24. The lowest BCUT2D eigenvalue weighted by atomic mass is 9.97. The minimum Gasteiger partial charge on any atom is -0.382 e. The minimum atomic E-state index is -0.0117. The molecular formula is C28H33N5O2. The van der Waals surface area contributed by atoms with Gasteiger partial charge in [0.2, 0.25) is 0 Å². The second-order valence-corrected chi connectivity index (χ2v) is 8.95. The number of nitrogens with one attached hydrogen (secondary N) is 1. The molecule has 4 aromatic rings. The van der Waals surface area contributed by atoms with Gasteiger partial charge in [-0.25, -0.2) is 0 Å². The fraction of sp³-hybridized carbons (Fsp3) is 0.357. The van der Waals surface area contributed by atoms with Crippen molar-refractivity contribution in [1.29, 1.82) is 0 Å². The second kappa shape index (κ2) is 11.4. The summed E-state index contributed by atoms with van der Waals surface area (Å²) >= 11 is 0. The first kappa shape index (κ1) is 23.5. The van der Waals surface area contributed by atoms with Crippen LogP contribution in [0.15, 0.2) is 79.5 Å². The Kier molecular flexibility index (Phi) is 7.68. The average molecular weight is 472 g/mol. The summed E-state index contributed by atoms with van der Waals surface area (Å²) in [6.07, 6.45) is 13.4. The molecule has 1 N–H and O–H groups in total. The van der Waals surface area contributed by atoms with E-state index >= 15 is 0 Å². The Bertz CT molecular complexity index is 1220. The first-order valence-corrected chi connectivity index (χ1v) is 12.3. The highest BCUT2D eigenvalue weighted by atomic mass is 16.5. The van der Waals surface area contributed by atoms with Crippen molar-refractivity contribution in [2.24, 2.45) is 0 Å². The van der Waals surface area contributed by atoms with Crippen LogP contribution in [0.25, 0.3) is 16.6 Å². The topological polar surface area (TPSA) is 68.2 Å². The molecule has 0 amide bonds. The SMILES string of the molecule is COCCOC(c1ccccc1)C1C=CCCN1CCCc1c[nH]c2ccc(-n3cnnc3)cc12. The molecule has 182 valence electrons. The molecule has 0 spiro atoms. The monoisotopic (exact) mass is 471 g/mol. The molecule has 7 heteroatoms. The molecule has 7 nitrogen and oxygen atoms in total. The number of hydrogen-bond acceptors (Lipinski definition) is 5. The standard InChI is InChI=1S/C28H33N5O2/c1-34-16-17-35-28(22-8-3-2-4-9-22)27-11-5-6-14-32(27)15-7-10-23-19-29-26-13-12-24(18-25(23)26)33-20-30-31-21-33/h2-5,8-9,11-13,18-21,27-29H,6-7,10,14-17H2,1H3. The Balaban J connectivity index is 1.28. The van der Waals surface area contributed by atoms with Crippen molar-refractivity contribution in [2.45, 2.75) is 31.4 Å². The van der Waals surface area contributed by atoms with E-state index in [9.17, 15) is 0 Å². The zero-order chi connectivity index (χ0) is 23.9. The number of aryl methyl sites for hydroxylation is 1. The van der Waals surface area contributed by atoms with Crippen molar-refractivity contribution in [2.75, 3.05) is 33.4 Å². The van der Waals surface area contributed by atoms with Gasteiger partial charge in [0.05, 0.1) is 19.3 Å². The number of aromatic nitrogens is 4. The Morgan fingerprint density at radius 2 is 1.94 bits per heavy atom. The van der Waals surface area contributed by atoms with Crippen LogP contribution in [0.2, 0.25) is 0 Å². The number of benzene rings is 2.